The van der Waals surface area contributed by atoms with Gasteiger partial charge in [-0.1, -0.05) is 0 Å². The molecule has 0 radical (unpaired) electrons. The first-order valence-corrected chi connectivity index (χ1v) is 4.54. The lowest BCUT2D eigenvalue weighted by Gasteiger charge is -2.16. The van der Waals surface area contributed by atoms with E-state index in [0.717, 1.165) is 0 Å². The van der Waals surface area contributed by atoms with E-state index >= 15 is 0 Å². The fourth-order valence-corrected chi connectivity index (χ4v) is 1.25. The van der Waals surface area contributed by atoms with E-state index in [-0.39, 0.29) is 11.3 Å². The summed E-state index contributed by atoms with van der Waals surface area (Å²) in [4.78, 5) is 24.7. The van der Waals surface area contributed by atoms with Crippen molar-refractivity contribution in [3.8, 4) is 0 Å². The number of aliphatic hydroxyl groups excluding tert-OH is 2. The van der Waals surface area contributed by atoms with E-state index in [2.05, 4.69) is 4.98 Å². The first-order valence-electron chi connectivity index (χ1n) is 4.54. The smallest absolute Gasteiger partial charge is 0.306 e. The highest BCUT2D eigenvalue weighted by atomic mass is 16.4. The van der Waals surface area contributed by atoms with Crippen molar-refractivity contribution in [1.29, 1.82) is 0 Å². The van der Waals surface area contributed by atoms with Crippen LogP contribution in [0, 0.1) is 0 Å². The third-order valence-corrected chi connectivity index (χ3v) is 2.03. The summed E-state index contributed by atoms with van der Waals surface area (Å²) in [5.74, 6) is -1.24. The molecule has 1 aromatic heterocycles. The first-order chi connectivity index (χ1) is 7.56. The number of aldehydes is 1. The van der Waals surface area contributed by atoms with Gasteiger partial charge in [0.05, 0.1) is 18.2 Å². The molecule has 0 bridgehead atoms. The Labute approximate surface area is 91.2 Å². The molecule has 2 atom stereocenters. The molecule has 86 valence electrons. The van der Waals surface area contributed by atoms with Crippen molar-refractivity contribution in [3.63, 3.8) is 0 Å². The van der Waals surface area contributed by atoms with E-state index in [9.17, 15) is 19.8 Å². The van der Waals surface area contributed by atoms with Gasteiger partial charge in [0.25, 0.3) is 0 Å². The average Bonchev–Trinajstić information content (AvgIpc) is 2.27. The molecule has 0 aliphatic heterocycles. The van der Waals surface area contributed by atoms with Gasteiger partial charge in [0, 0.05) is 11.8 Å². The van der Waals surface area contributed by atoms with Crippen molar-refractivity contribution in [2.45, 2.75) is 18.6 Å². The van der Waals surface area contributed by atoms with E-state index in [0.29, 0.717) is 6.29 Å². The van der Waals surface area contributed by atoms with Crippen molar-refractivity contribution in [2.75, 3.05) is 0 Å². The minimum Gasteiger partial charge on any atom is -0.481 e. The van der Waals surface area contributed by atoms with Crippen LogP contribution in [-0.4, -0.2) is 38.7 Å². The number of carbonyl (C=O) groups is 2. The van der Waals surface area contributed by atoms with Crippen LogP contribution < -0.4 is 0 Å². The number of aromatic nitrogens is 1. The highest BCUT2D eigenvalue weighted by Gasteiger charge is 2.24. The van der Waals surface area contributed by atoms with Gasteiger partial charge >= 0.3 is 5.97 Å². The minimum atomic E-state index is -1.49. The highest BCUT2D eigenvalue weighted by Crippen LogP contribution is 2.19. The van der Waals surface area contributed by atoms with Gasteiger partial charge in [-0.3, -0.25) is 14.6 Å². The second kappa shape index (κ2) is 5.34. The van der Waals surface area contributed by atoms with Crippen molar-refractivity contribution >= 4 is 12.3 Å². The zero-order valence-electron chi connectivity index (χ0n) is 8.28. The molecule has 1 heterocycles. The Morgan fingerprint density at radius 3 is 2.75 bits per heavy atom. The zero-order valence-corrected chi connectivity index (χ0v) is 8.28. The predicted molar refractivity (Wildman–Crippen MR) is 52.8 cm³/mol. The van der Waals surface area contributed by atoms with Gasteiger partial charge in [0.1, 0.15) is 6.10 Å². The van der Waals surface area contributed by atoms with E-state index in [4.69, 9.17) is 5.11 Å². The number of carboxylic acids is 1. The molecule has 1 aromatic rings. The summed E-state index contributed by atoms with van der Waals surface area (Å²) in [6, 6.07) is 2.93. The van der Waals surface area contributed by atoms with Gasteiger partial charge < -0.3 is 15.3 Å². The SMILES string of the molecule is O=Cc1cccnc1C(O)C(O)CC(=O)O. The van der Waals surface area contributed by atoms with Gasteiger partial charge in [-0.2, -0.15) is 0 Å². The summed E-state index contributed by atoms with van der Waals surface area (Å²) in [6.07, 6.45) is -1.77. The Morgan fingerprint density at radius 2 is 2.19 bits per heavy atom. The van der Waals surface area contributed by atoms with E-state index in [1.807, 2.05) is 0 Å². The van der Waals surface area contributed by atoms with Crippen LogP contribution in [0.2, 0.25) is 0 Å². The molecule has 0 aromatic carbocycles. The Hall–Kier alpha value is -1.79. The van der Waals surface area contributed by atoms with Crippen LogP contribution in [0.25, 0.3) is 0 Å². The van der Waals surface area contributed by atoms with Gasteiger partial charge in [-0.25, -0.2) is 0 Å². The van der Waals surface area contributed by atoms with Crippen LogP contribution in [0.1, 0.15) is 28.6 Å². The normalized spacial score (nSPS) is 14.1. The monoisotopic (exact) mass is 225 g/mol. The van der Waals surface area contributed by atoms with Gasteiger partial charge in [-0.15, -0.1) is 0 Å². The van der Waals surface area contributed by atoms with Crippen LogP contribution >= 0.6 is 0 Å². The number of nitrogens with zero attached hydrogens (tertiary/aromatic N) is 1. The quantitative estimate of drug-likeness (QED) is 0.597. The van der Waals surface area contributed by atoms with Crippen LogP contribution in [0.15, 0.2) is 18.3 Å². The van der Waals surface area contributed by atoms with Crippen molar-refractivity contribution < 1.29 is 24.9 Å². The molecule has 1 rings (SSSR count). The van der Waals surface area contributed by atoms with Crippen molar-refractivity contribution in [3.05, 3.63) is 29.6 Å². The van der Waals surface area contributed by atoms with Crippen LogP contribution in [0.5, 0.6) is 0 Å². The van der Waals surface area contributed by atoms with Crippen molar-refractivity contribution in [2.24, 2.45) is 0 Å². The Morgan fingerprint density at radius 1 is 1.50 bits per heavy atom. The summed E-state index contributed by atoms with van der Waals surface area (Å²) < 4.78 is 0. The maximum absolute atomic E-state index is 10.6. The zero-order chi connectivity index (χ0) is 12.1. The second-order valence-corrected chi connectivity index (χ2v) is 3.21. The molecule has 0 saturated heterocycles. The second-order valence-electron chi connectivity index (χ2n) is 3.21. The number of hydrogen-bond donors (Lipinski definition) is 3. The summed E-state index contributed by atoms with van der Waals surface area (Å²) in [6.45, 7) is 0. The lowest BCUT2D eigenvalue weighted by molar-refractivity contribution is -0.141. The number of rotatable bonds is 5. The third-order valence-electron chi connectivity index (χ3n) is 2.03. The molecular formula is C10H11NO5. The van der Waals surface area contributed by atoms with Gasteiger partial charge in [0.15, 0.2) is 6.29 Å². The lowest BCUT2D eigenvalue weighted by atomic mass is 10.0. The lowest BCUT2D eigenvalue weighted by Crippen LogP contribution is -2.23. The molecule has 3 N–H and O–H groups in total. The summed E-state index contributed by atoms with van der Waals surface area (Å²) in [5, 5.41) is 27.4. The van der Waals surface area contributed by atoms with Crippen molar-refractivity contribution in [1.82, 2.24) is 4.98 Å². The number of aliphatic hydroxyl groups is 2. The molecule has 0 aliphatic carbocycles. The molecule has 6 heteroatoms. The predicted octanol–water partition coefficient (Wildman–Crippen LogP) is -0.237. The summed E-state index contributed by atoms with van der Waals surface area (Å²) in [5.41, 5.74) is 0.102. The molecule has 0 fully saturated rings. The standard InChI is InChI=1S/C10H11NO5/c12-5-6-2-1-3-11-9(6)10(16)7(13)4-8(14)15/h1-3,5,7,10,13,16H,4H2,(H,14,15). The topological polar surface area (TPSA) is 108 Å². The minimum absolute atomic E-state index is 0.0220. The fraction of sp³-hybridized carbons (Fsp3) is 0.300. The summed E-state index contributed by atoms with van der Waals surface area (Å²) in [7, 11) is 0. The van der Waals surface area contributed by atoms with Crippen LogP contribution in [0.3, 0.4) is 0 Å². The summed E-state index contributed by atoms with van der Waals surface area (Å²) >= 11 is 0. The van der Waals surface area contributed by atoms with E-state index in [1.54, 1.807) is 0 Å². The first kappa shape index (κ1) is 12.3. The van der Waals surface area contributed by atoms with Gasteiger partial charge in [-0.05, 0) is 12.1 Å². The number of pyridine rings is 1. The van der Waals surface area contributed by atoms with Gasteiger partial charge in [0.2, 0.25) is 0 Å². The maximum Gasteiger partial charge on any atom is 0.306 e. The van der Waals surface area contributed by atoms with Crippen LogP contribution in [0.4, 0.5) is 0 Å². The number of hydrogen-bond acceptors (Lipinski definition) is 5. The highest BCUT2D eigenvalue weighted by molar-refractivity contribution is 5.76. The Bertz CT molecular complexity index is 393. The largest absolute Gasteiger partial charge is 0.481 e. The molecule has 0 amide bonds. The van der Waals surface area contributed by atoms with Crippen LogP contribution in [-0.2, 0) is 4.79 Å². The molecule has 16 heavy (non-hydrogen) atoms. The number of carbonyl (C=O) groups excluding carboxylic acids is 1. The average molecular weight is 225 g/mol. The fourth-order valence-electron chi connectivity index (χ4n) is 1.25. The molecule has 6 nitrogen and oxygen atoms in total. The molecule has 0 saturated carbocycles. The Kier molecular flexibility index (Phi) is 4.10. The maximum atomic E-state index is 10.6. The number of aliphatic carboxylic acids is 1. The molecule has 0 spiro atoms. The third kappa shape index (κ3) is 2.85. The van der Waals surface area contributed by atoms with E-state index in [1.165, 1.54) is 18.3 Å². The Balaban J connectivity index is 2.90. The molecule has 2 unspecified atom stereocenters. The molecular weight excluding hydrogens is 214 g/mol. The molecule has 0 aliphatic rings. The number of carboxylic acid groups (broad SMARTS) is 1. The van der Waals surface area contributed by atoms with E-state index < -0.39 is 24.6 Å².